The molecule has 148 valence electrons. The van der Waals surface area contributed by atoms with E-state index in [9.17, 15) is 4.79 Å². The van der Waals surface area contributed by atoms with Gasteiger partial charge in [-0.15, -0.1) is 0 Å². The Kier molecular flexibility index (Phi) is 6.50. The predicted octanol–water partition coefficient (Wildman–Crippen LogP) is 5.46. The highest BCUT2D eigenvalue weighted by Crippen LogP contribution is 2.33. The molecule has 0 aromatic heterocycles. The van der Waals surface area contributed by atoms with Crippen molar-refractivity contribution in [2.75, 3.05) is 19.6 Å². The van der Waals surface area contributed by atoms with E-state index in [1.165, 1.54) is 11.1 Å². The molecule has 1 saturated heterocycles. The van der Waals surface area contributed by atoms with E-state index < -0.39 is 0 Å². The molecule has 1 fully saturated rings. The zero-order valence-corrected chi connectivity index (χ0v) is 16.6. The van der Waals surface area contributed by atoms with Crippen LogP contribution < -0.4 is 0 Å². The van der Waals surface area contributed by atoms with Gasteiger partial charge in [-0.05, 0) is 24.1 Å². The molecule has 3 aromatic carbocycles. The standard InChI is InChI=1S/C26H27NO2/c28-24(21-11-4-1-5-12-21)17-10-18-27-19-25(22-13-6-2-7-14-22)29-26(20-27)23-15-8-3-9-16-23/h1-9,11-16,25-26H,10,17-20H2. The topological polar surface area (TPSA) is 29.5 Å². The summed E-state index contributed by atoms with van der Waals surface area (Å²) in [6, 6.07) is 30.4. The minimum absolute atomic E-state index is 0.0416. The Morgan fingerprint density at radius 3 is 1.76 bits per heavy atom. The van der Waals surface area contributed by atoms with Crippen LogP contribution in [0.15, 0.2) is 91.0 Å². The van der Waals surface area contributed by atoms with E-state index in [2.05, 4.69) is 53.4 Å². The first-order valence-corrected chi connectivity index (χ1v) is 10.4. The highest BCUT2D eigenvalue weighted by molar-refractivity contribution is 5.95. The lowest BCUT2D eigenvalue weighted by atomic mass is 10.0. The van der Waals surface area contributed by atoms with E-state index in [1.807, 2.05) is 42.5 Å². The lowest BCUT2D eigenvalue weighted by molar-refractivity contribution is -0.0898. The molecule has 2 atom stereocenters. The van der Waals surface area contributed by atoms with Crippen LogP contribution in [0.5, 0.6) is 0 Å². The minimum atomic E-state index is 0.0416. The third-order valence-electron chi connectivity index (χ3n) is 5.49. The second-order valence-corrected chi connectivity index (χ2v) is 7.59. The summed E-state index contributed by atoms with van der Waals surface area (Å²) in [5.41, 5.74) is 3.22. The van der Waals surface area contributed by atoms with Gasteiger partial charge in [-0.1, -0.05) is 91.0 Å². The Morgan fingerprint density at radius 2 is 1.24 bits per heavy atom. The highest BCUT2D eigenvalue weighted by Gasteiger charge is 2.29. The van der Waals surface area contributed by atoms with Gasteiger partial charge in [0.15, 0.2) is 5.78 Å². The summed E-state index contributed by atoms with van der Waals surface area (Å²) in [4.78, 5) is 14.9. The minimum Gasteiger partial charge on any atom is -0.363 e. The first kappa shape index (κ1) is 19.6. The molecule has 29 heavy (non-hydrogen) atoms. The zero-order chi connectivity index (χ0) is 19.9. The molecule has 1 heterocycles. The predicted molar refractivity (Wildman–Crippen MR) is 116 cm³/mol. The third-order valence-corrected chi connectivity index (χ3v) is 5.49. The van der Waals surface area contributed by atoms with Gasteiger partial charge in [0.05, 0.1) is 12.2 Å². The van der Waals surface area contributed by atoms with E-state index in [0.717, 1.165) is 31.6 Å². The second-order valence-electron chi connectivity index (χ2n) is 7.59. The fourth-order valence-corrected chi connectivity index (χ4v) is 3.95. The van der Waals surface area contributed by atoms with Crippen LogP contribution in [0.2, 0.25) is 0 Å². The van der Waals surface area contributed by atoms with Crippen LogP contribution in [0.4, 0.5) is 0 Å². The number of Topliss-reactive ketones (excluding diaryl/α,β-unsaturated/α-hetero) is 1. The molecule has 3 heteroatoms. The highest BCUT2D eigenvalue weighted by atomic mass is 16.5. The summed E-state index contributed by atoms with van der Waals surface area (Å²) in [5, 5.41) is 0. The number of hydrogen-bond donors (Lipinski definition) is 0. The average Bonchev–Trinajstić information content (AvgIpc) is 2.80. The molecule has 0 bridgehead atoms. The Bertz CT molecular complexity index is 848. The summed E-state index contributed by atoms with van der Waals surface area (Å²) >= 11 is 0. The normalized spacial score (nSPS) is 19.7. The maximum Gasteiger partial charge on any atom is 0.162 e. The van der Waals surface area contributed by atoms with Crippen LogP contribution in [0.25, 0.3) is 0 Å². The third kappa shape index (κ3) is 5.20. The Balaban J connectivity index is 1.41. The van der Waals surface area contributed by atoms with Crippen molar-refractivity contribution in [2.24, 2.45) is 0 Å². The molecule has 3 nitrogen and oxygen atoms in total. The number of carbonyl (C=O) groups excluding carboxylic acids is 1. The van der Waals surface area contributed by atoms with Crippen molar-refractivity contribution >= 4 is 5.78 Å². The van der Waals surface area contributed by atoms with Gasteiger partial charge in [0.2, 0.25) is 0 Å². The molecular formula is C26H27NO2. The van der Waals surface area contributed by atoms with Gasteiger partial charge in [0.1, 0.15) is 0 Å². The average molecular weight is 386 g/mol. The summed E-state index contributed by atoms with van der Waals surface area (Å²) < 4.78 is 6.48. The van der Waals surface area contributed by atoms with Gasteiger partial charge < -0.3 is 4.74 Å². The molecule has 0 N–H and O–H groups in total. The van der Waals surface area contributed by atoms with Gasteiger partial charge in [-0.2, -0.15) is 0 Å². The van der Waals surface area contributed by atoms with Crippen LogP contribution in [-0.4, -0.2) is 30.3 Å². The van der Waals surface area contributed by atoms with Crippen LogP contribution in [0, 0.1) is 0 Å². The number of benzene rings is 3. The number of rotatable bonds is 7. The molecule has 0 radical (unpaired) electrons. The quantitative estimate of drug-likeness (QED) is 0.506. The van der Waals surface area contributed by atoms with Crippen LogP contribution in [0.3, 0.4) is 0 Å². The molecule has 0 saturated carbocycles. The Hall–Kier alpha value is -2.75. The van der Waals surface area contributed by atoms with Crippen molar-refractivity contribution in [3.8, 4) is 0 Å². The van der Waals surface area contributed by atoms with E-state index in [4.69, 9.17) is 4.74 Å². The Morgan fingerprint density at radius 1 is 0.759 bits per heavy atom. The summed E-state index contributed by atoms with van der Waals surface area (Å²) in [7, 11) is 0. The molecular weight excluding hydrogens is 358 g/mol. The number of hydrogen-bond acceptors (Lipinski definition) is 3. The maximum atomic E-state index is 12.4. The van der Waals surface area contributed by atoms with Crippen molar-refractivity contribution in [1.29, 1.82) is 0 Å². The Labute approximate surface area is 172 Å². The molecule has 0 amide bonds. The van der Waals surface area contributed by atoms with E-state index in [1.54, 1.807) is 0 Å². The van der Waals surface area contributed by atoms with Crippen molar-refractivity contribution in [3.05, 3.63) is 108 Å². The lowest BCUT2D eigenvalue weighted by Gasteiger charge is -2.38. The molecule has 2 unspecified atom stereocenters. The molecule has 0 aliphatic carbocycles. The number of ether oxygens (including phenoxy) is 1. The largest absolute Gasteiger partial charge is 0.363 e. The molecule has 1 aliphatic heterocycles. The fraction of sp³-hybridized carbons (Fsp3) is 0.269. The van der Waals surface area contributed by atoms with Gasteiger partial charge in [-0.3, -0.25) is 9.69 Å². The number of carbonyl (C=O) groups is 1. The van der Waals surface area contributed by atoms with Gasteiger partial charge in [0.25, 0.3) is 0 Å². The van der Waals surface area contributed by atoms with Gasteiger partial charge in [-0.25, -0.2) is 0 Å². The summed E-state index contributed by atoms with van der Waals surface area (Å²) in [6.07, 6.45) is 1.52. The zero-order valence-electron chi connectivity index (χ0n) is 16.6. The van der Waals surface area contributed by atoms with Gasteiger partial charge in [0, 0.05) is 25.1 Å². The molecule has 3 aromatic rings. The number of nitrogens with zero attached hydrogens (tertiary/aromatic N) is 1. The summed E-state index contributed by atoms with van der Waals surface area (Å²) in [6.45, 7) is 2.61. The first-order chi connectivity index (χ1) is 14.3. The van der Waals surface area contributed by atoms with Gasteiger partial charge >= 0.3 is 0 Å². The number of ketones is 1. The second kappa shape index (κ2) is 9.64. The van der Waals surface area contributed by atoms with E-state index in [-0.39, 0.29) is 18.0 Å². The van der Waals surface area contributed by atoms with Crippen LogP contribution in [0.1, 0.15) is 46.5 Å². The van der Waals surface area contributed by atoms with E-state index >= 15 is 0 Å². The van der Waals surface area contributed by atoms with Crippen LogP contribution in [-0.2, 0) is 4.74 Å². The fourth-order valence-electron chi connectivity index (χ4n) is 3.95. The first-order valence-electron chi connectivity index (χ1n) is 10.4. The van der Waals surface area contributed by atoms with Crippen molar-refractivity contribution in [1.82, 2.24) is 4.90 Å². The van der Waals surface area contributed by atoms with Crippen molar-refractivity contribution in [3.63, 3.8) is 0 Å². The van der Waals surface area contributed by atoms with Crippen molar-refractivity contribution < 1.29 is 9.53 Å². The van der Waals surface area contributed by atoms with Crippen molar-refractivity contribution in [2.45, 2.75) is 25.0 Å². The van der Waals surface area contributed by atoms with Crippen LogP contribution >= 0.6 is 0 Å². The maximum absolute atomic E-state index is 12.4. The van der Waals surface area contributed by atoms with E-state index in [0.29, 0.717) is 6.42 Å². The monoisotopic (exact) mass is 385 g/mol. The molecule has 1 aliphatic rings. The molecule has 4 rings (SSSR count). The number of morpholine rings is 1. The smallest absolute Gasteiger partial charge is 0.162 e. The molecule has 0 spiro atoms. The lowest BCUT2D eigenvalue weighted by Crippen LogP contribution is -2.40. The SMILES string of the molecule is O=C(CCCN1CC(c2ccccc2)OC(c2ccccc2)C1)c1ccccc1. The summed E-state index contributed by atoms with van der Waals surface area (Å²) in [5.74, 6) is 0.220.